The summed E-state index contributed by atoms with van der Waals surface area (Å²) < 4.78 is 0. The molecule has 2 aliphatic rings. The van der Waals surface area contributed by atoms with E-state index in [0.29, 0.717) is 17.8 Å². The molecule has 1 heterocycles. The lowest BCUT2D eigenvalue weighted by Gasteiger charge is -2.31. The zero-order chi connectivity index (χ0) is 20.9. The molecule has 1 saturated carbocycles. The van der Waals surface area contributed by atoms with Crippen LogP contribution in [0.4, 0.5) is 16.2 Å². The minimum Gasteiger partial charge on any atom is -0.352 e. The second kappa shape index (κ2) is 8.98. The molecule has 1 fully saturated rings. The van der Waals surface area contributed by atoms with Crippen molar-refractivity contribution in [1.82, 2.24) is 10.6 Å². The van der Waals surface area contributed by atoms with Crippen molar-refractivity contribution >= 4 is 29.2 Å². The van der Waals surface area contributed by atoms with E-state index >= 15 is 0 Å². The first-order valence-corrected chi connectivity index (χ1v) is 10.4. The normalized spacial score (nSPS) is 17.1. The van der Waals surface area contributed by atoms with E-state index in [0.717, 1.165) is 31.2 Å². The number of para-hydroxylation sites is 2. The van der Waals surface area contributed by atoms with Gasteiger partial charge in [0.15, 0.2) is 0 Å². The zero-order valence-electron chi connectivity index (χ0n) is 16.8. The molecule has 3 N–H and O–H groups in total. The predicted octanol–water partition coefficient (Wildman–Crippen LogP) is 2.82. The molecule has 1 unspecified atom stereocenters. The van der Waals surface area contributed by atoms with Gasteiger partial charge in [-0.15, -0.1) is 0 Å². The van der Waals surface area contributed by atoms with Crippen molar-refractivity contribution in [2.75, 3.05) is 16.8 Å². The quantitative estimate of drug-likeness (QED) is 0.713. The van der Waals surface area contributed by atoms with E-state index in [1.54, 1.807) is 18.2 Å². The van der Waals surface area contributed by atoms with Crippen LogP contribution in [-0.2, 0) is 16.0 Å². The fourth-order valence-corrected chi connectivity index (χ4v) is 4.07. The summed E-state index contributed by atoms with van der Waals surface area (Å²) in [5, 5.41) is 8.72. The number of anilines is 2. The Hall–Kier alpha value is -3.35. The number of carbonyl (C=O) groups excluding carboxylic acids is 3. The second-order valence-electron chi connectivity index (χ2n) is 7.83. The van der Waals surface area contributed by atoms with E-state index in [-0.39, 0.29) is 24.4 Å². The maximum atomic E-state index is 13.1. The van der Waals surface area contributed by atoms with Crippen molar-refractivity contribution in [3.05, 3.63) is 60.2 Å². The lowest BCUT2D eigenvalue weighted by molar-refractivity contribution is -0.123. The summed E-state index contributed by atoms with van der Waals surface area (Å²) in [5.74, 6) is -0.451. The van der Waals surface area contributed by atoms with Crippen LogP contribution >= 0.6 is 0 Å². The van der Waals surface area contributed by atoms with E-state index in [2.05, 4.69) is 16.0 Å². The molecule has 0 aromatic heterocycles. The van der Waals surface area contributed by atoms with Crippen LogP contribution in [0, 0.1) is 0 Å². The van der Waals surface area contributed by atoms with Gasteiger partial charge < -0.3 is 16.0 Å². The van der Waals surface area contributed by atoms with Crippen molar-refractivity contribution in [1.29, 1.82) is 0 Å². The molecule has 1 atom stereocenters. The number of hydrogen-bond acceptors (Lipinski definition) is 3. The van der Waals surface area contributed by atoms with E-state index in [4.69, 9.17) is 0 Å². The molecule has 0 saturated heterocycles. The molecule has 30 heavy (non-hydrogen) atoms. The smallest absolute Gasteiger partial charge is 0.323 e. The van der Waals surface area contributed by atoms with Gasteiger partial charge in [-0.05, 0) is 30.5 Å². The van der Waals surface area contributed by atoms with Crippen LogP contribution in [0.2, 0.25) is 0 Å². The molecule has 2 aromatic rings. The third-order valence-corrected chi connectivity index (χ3v) is 5.61. The highest BCUT2D eigenvalue weighted by Gasteiger charge is 2.31. The van der Waals surface area contributed by atoms with Gasteiger partial charge in [0, 0.05) is 12.5 Å². The van der Waals surface area contributed by atoms with Gasteiger partial charge in [-0.3, -0.25) is 14.5 Å². The summed E-state index contributed by atoms with van der Waals surface area (Å²) in [6.07, 6.45) is 4.54. The van der Waals surface area contributed by atoms with Gasteiger partial charge in [0.25, 0.3) is 0 Å². The molecule has 7 heteroatoms. The zero-order valence-corrected chi connectivity index (χ0v) is 16.8. The van der Waals surface area contributed by atoms with Crippen LogP contribution in [-0.4, -0.2) is 36.5 Å². The summed E-state index contributed by atoms with van der Waals surface area (Å²) in [6, 6.07) is 15.7. The van der Waals surface area contributed by atoms with Gasteiger partial charge in [0.1, 0.15) is 12.6 Å². The number of carbonyl (C=O) groups is 3. The minimum absolute atomic E-state index is 0.0921. The number of hydrogen-bond donors (Lipinski definition) is 3. The van der Waals surface area contributed by atoms with E-state index in [1.165, 1.54) is 4.90 Å². The summed E-state index contributed by atoms with van der Waals surface area (Å²) in [5.41, 5.74) is 2.16. The van der Waals surface area contributed by atoms with Gasteiger partial charge in [0.2, 0.25) is 11.8 Å². The number of urea groups is 1. The second-order valence-corrected chi connectivity index (χ2v) is 7.83. The van der Waals surface area contributed by atoms with Gasteiger partial charge >= 0.3 is 6.03 Å². The molecule has 4 amide bonds. The number of amides is 4. The fraction of sp³-hybridized carbons (Fsp3) is 0.348. The molecule has 4 rings (SSSR count). The average molecular weight is 406 g/mol. The maximum Gasteiger partial charge on any atom is 0.323 e. The van der Waals surface area contributed by atoms with Crippen LogP contribution in [0.15, 0.2) is 54.6 Å². The SMILES string of the molecule is O=C1CN(C(=O)NC(Cc2ccccc2)C(=O)NC2CCCC2)c2ccccc2N1. The highest BCUT2D eigenvalue weighted by molar-refractivity contribution is 6.10. The summed E-state index contributed by atoms with van der Waals surface area (Å²) in [6.45, 7) is -0.0921. The Morgan fingerprint density at radius 1 is 1.03 bits per heavy atom. The van der Waals surface area contributed by atoms with Crippen molar-refractivity contribution in [3.8, 4) is 0 Å². The number of rotatable bonds is 5. The molecule has 1 aliphatic carbocycles. The fourth-order valence-electron chi connectivity index (χ4n) is 4.07. The molecule has 1 aliphatic heterocycles. The third kappa shape index (κ3) is 4.62. The Balaban J connectivity index is 1.52. The molecule has 0 bridgehead atoms. The molecule has 2 aromatic carbocycles. The first-order valence-electron chi connectivity index (χ1n) is 10.4. The number of fused-ring (bicyclic) bond motifs is 1. The molecule has 7 nitrogen and oxygen atoms in total. The summed E-state index contributed by atoms with van der Waals surface area (Å²) in [7, 11) is 0. The topological polar surface area (TPSA) is 90.5 Å². The first kappa shape index (κ1) is 19.9. The molecule has 156 valence electrons. The monoisotopic (exact) mass is 406 g/mol. The van der Waals surface area contributed by atoms with Crippen molar-refractivity contribution < 1.29 is 14.4 Å². The Bertz CT molecular complexity index is 925. The summed E-state index contributed by atoms with van der Waals surface area (Å²) in [4.78, 5) is 39.6. The average Bonchev–Trinajstić information content (AvgIpc) is 3.26. The van der Waals surface area contributed by atoms with Crippen LogP contribution in [0.1, 0.15) is 31.2 Å². The van der Waals surface area contributed by atoms with Crippen molar-refractivity contribution in [2.45, 2.75) is 44.2 Å². The highest BCUT2D eigenvalue weighted by Crippen LogP contribution is 2.29. The van der Waals surface area contributed by atoms with Crippen LogP contribution in [0.5, 0.6) is 0 Å². The Kier molecular flexibility index (Phi) is 5.97. The van der Waals surface area contributed by atoms with Crippen LogP contribution in [0.3, 0.4) is 0 Å². The Morgan fingerprint density at radius 2 is 1.73 bits per heavy atom. The van der Waals surface area contributed by atoms with E-state index < -0.39 is 12.1 Å². The van der Waals surface area contributed by atoms with Crippen LogP contribution in [0.25, 0.3) is 0 Å². The molecule has 0 spiro atoms. The lowest BCUT2D eigenvalue weighted by atomic mass is 10.0. The van der Waals surface area contributed by atoms with Gasteiger partial charge in [-0.25, -0.2) is 4.79 Å². The Morgan fingerprint density at radius 3 is 2.50 bits per heavy atom. The van der Waals surface area contributed by atoms with Crippen LogP contribution < -0.4 is 20.9 Å². The van der Waals surface area contributed by atoms with Crippen molar-refractivity contribution in [3.63, 3.8) is 0 Å². The predicted molar refractivity (Wildman–Crippen MR) is 115 cm³/mol. The standard InChI is InChI=1S/C23H26N4O3/c28-21-15-27(20-13-7-6-12-18(20)25-21)23(30)26-19(14-16-8-2-1-3-9-16)22(29)24-17-10-4-5-11-17/h1-3,6-9,12-13,17,19H,4-5,10-11,14-15H2,(H,24,29)(H,25,28)(H,26,30). The third-order valence-electron chi connectivity index (χ3n) is 5.61. The molecular weight excluding hydrogens is 380 g/mol. The summed E-state index contributed by atoms with van der Waals surface area (Å²) >= 11 is 0. The highest BCUT2D eigenvalue weighted by atomic mass is 16.2. The molecule has 0 radical (unpaired) electrons. The van der Waals surface area contributed by atoms with E-state index in [9.17, 15) is 14.4 Å². The lowest BCUT2D eigenvalue weighted by Crippen LogP contribution is -2.55. The first-order chi connectivity index (χ1) is 14.6. The number of benzene rings is 2. The minimum atomic E-state index is -0.724. The van der Waals surface area contributed by atoms with Crippen molar-refractivity contribution in [2.24, 2.45) is 0 Å². The largest absolute Gasteiger partial charge is 0.352 e. The maximum absolute atomic E-state index is 13.1. The Labute approximate surface area is 175 Å². The van der Waals surface area contributed by atoms with Gasteiger partial charge in [-0.1, -0.05) is 55.3 Å². The molecular formula is C23H26N4O3. The number of nitrogens with one attached hydrogen (secondary N) is 3. The van der Waals surface area contributed by atoms with Gasteiger partial charge in [-0.2, -0.15) is 0 Å². The number of nitrogens with zero attached hydrogens (tertiary/aromatic N) is 1. The van der Waals surface area contributed by atoms with E-state index in [1.807, 2.05) is 36.4 Å². The van der Waals surface area contributed by atoms with Gasteiger partial charge in [0.05, 0.1) is 11.4 Å².